The number of benzene rings is 1. The third-order valence-electron chi connectivity index (χ3n) is 3.21. The molecule has 0 aliphatic rings. The maximum atomic E-state index is 9.88. The van der Waals surface area contributed by atoms with E-state index in [0.29, 0.717) is 6.04 Å². The Hall–Kier alpha value is -0.540. The summed E-state index contributed by atoms with van der Waals surface area (Å²) >= 11 is 3.46. The van der Waals surface area contributed by atoms with Crippen molar-refractivity contribution in [2.45, 2.75) is 46.3 Å². The molecule has 2 unspecified atom stereocenters. The molecule has 1 rings (SSSR count). The van der Waals surface area contributed by atoms with E-state index >= 15 is 0 Å². The monoisotopic (exact) mass is 299 g/mol. The molecule has 96 valence electrons. The molecule has 0 saturated carbocycles. The summed E-state index contributed by atoms with van der Waals surface area (Å²) in [5, 5.41) is 9.88. The zero-order valence-electron chi connectivity index (χ0n) is 11.1. The van der Waals surface area contributed by atoms with E-state index in [9.17, 15) is 5.11 Å². The maximum absolute atomic E-state index is 9.88. The summed E-state index contributed by atoms with van der Waals surface area (Å²) in [6.07, 6.45) is 0.656. The molecule has 0 aliphatic heterocycles. The highest BCUT2D eigenvalue weighted by molar-refractivity contribution is 9.10. The number of hydrogen-bond acceptors (Lipinski definition) is 2. The fourth-order valence-corrected chi connectivity index (χ4v) is 2.44. The topological polar surface area (TPSA) is 23.5 Å². The Balaban J connectivity index is 3.18. The molecule has 17 heavy (non-hydrogen) atoms. The first-order valence-corrected chi connectivity index (χ1v) is 7.04. The molecule has 1 N–H and O–H groups in total. The van der Waals surface area contributed by atoms with E-state index in [2.05, 4.69) is 47.7 Å². The van der Waals surface area contributed by atoms with E-state index in [1.165, 1.54) is 0 Å². The van der Waals surface area contributed by atoms with Crippen LogP contribution in [-0.4, -0.2) is 17.7 Å². The molecule has 0 aliphatic carbocycles. The summed E-state index contributed by atoms with van der Waals surface area (Å²) in [7, 11) is 0. The summed E-state index contributed by atoms with van der Waals surface area (Å²) in [6, 6.07) is 6.61. The summed E-state index contributed by atoms with van der Waals surface area (Å²) in [4.78, 5) is 2.34. The SMILES string of the molecule is CCC(C)N(CC)c1ccc(Br)cc1C(C)O. The molecule has 0 fully saturated rings. The van der Waals surface area contributed by atoms with E-state index in [-0.39, 0.29) is 0 Å². The van der Waals surface area contributed by atoms with Gasteiger partial charge in [0.2, 0.25) is 0 Å². The van der Waals surface area contributed by atoms with E-state index in [0.717, 1.165) is 28.7 Å². The highest BCUT2D eigenvalue weighted by Crippen LogP contribution is 2.31. The second-order valence-corrected chi connectivity index (χ2v) is 5.34. The van der Waals surface area contributed by atoms with Gasteiger partial charge in [0.05, 0.1) is 6.10 Å². The maximum Gasteiger partial charge on any atom is 0.0782 e. The van der Waals surface area contributed by atoms with Crippen molar-refractivity contribution in [2.75, 3.05) is 11.4 Å². The van der Waals surface area contributed by atoms with Crippen LogP contribution in [0.1, 0.15) is 45.8 Å². The molecule has 0 radical (unpaired) electrons. The molecule has 2 nitrogen and oxygen atoms in total. The van der Waals surface area contributed by atoms with Gasteiger partial charge in [0.1, 0.15) is 0 Å². The minimum atomic E-state index is -0.444. The average molecular weight is 300 g/mol. The lowest BCUT2D eigenvalue weighted by molar-refractivity contribution is 0.199. The smallest absolute Gasteiger partial charge is 0.0782 e. The number of rotatable bonds is 5. The number of hydrogen-bond donors (Lipinski definition) is 1. The van der Waals surface area contributed by atoms with Gasteiger partial charge in [0.15, 0.2) is 0 Å². The van der Waals surface area contributed by atoms with Crippen LogP contribution in [0.5, 0.6) is 0 Å². The lowest BCUT2D eigenvalue weighted by Gasteiger charge is -2.32. The van der Waals surface area contributed by atoms with Gasteiger partial charge in [-0.1, -0.05) is 22.9 Å². The Morgan fingerprint density at radius 1 is 1.29 bits per heavy atom. The second kappa shape index (κ2) is 6.41. The van der Waals surface area contributed by atoms with E-state index in [4.69, 9.17) is 0 Å². The van der Waals surface area contributed by atoms with Gasteiger partial charge in [-0.15, -0.1) is 0 Å². The largest absolute Gasteiger partial charge is 0.389 e. The zero-order valence-corrected chi connectivity index (χ0v) is 12.7. The van der Waals surface area contributed by atoms with Crippen LogP contribution in [0.4, 0.5) is 5.69 Å². The fourth-order valence-electron chi connectivity index (χ4n) is 2.06. The zero-order chi connectivity index (χ0) is 13.0. The second-order valence-electron chi connectivity index (χ2n) is 4.42. The Bertz CT molecular complexity index is 365. The molecule has 0 bridgehead atoms. The lowest BCUT2D eigenvalue weighted by atomic mass is 10.1. The van der Waals surface area contributed by atoms with Gasteiger partial charge in [-0.3, -0.25) is 0 Å². The predicted octanol–water partition coefficient (Wildman–Crippen LogP) is 4.13. The molecule has 0 saturated heterocycles. The van der Waals surface area contributed by atoms with E-state index < -0.39 is 6.10 Å². The van der Waals surface area contributed by atoms with Crippen molar-refractivity contribution in [1.82, 2.24) is 0 Å². The van der Waals surface area contributed by atoms with Crippen LogP contribution in [0.25, 0.3) is 0 Å². The van der Waals surface area contributed by atoms with Crippen LogP contribution in [0, 0.1) is 0 Å². The molecule has 1 aromatic rings. The minimum Gasteiger partial charge on any atom is -0.389 e. The predicted molar refractivity (Wildman–Crippen MR) is 77.5 cm³/mol. The van der Waals surface area contributed by atoms with Gasteiger partial charge in [-0.05, 0) is 45.4 Å². The molecule has 0 spiro atoms. The minimum absolute atomic E-state index is 0.444. The third-order valence-corrected chi connectivity index (χ3v) is 3.71. The molecule has 0 amide bonds. The molecular formula is C14H22BrNO. The number of aliphatic hydroxyl groups excluding tert-OH is 1. The standard InChI is InChI=1S/C14H22BrNO/c1-5-10(3)16(6-2)14-8-7-12(15)9-13(14)11(4)17/h7-11,17H,5-6H2,1-4H3. The molecule has 0 heterocycles. The van der Waals surface area contributed by atoms with Crippen molar-refractivity contribution in [3.8, 4) is 0 Å². The van der Waals surface area contributed by atoms with Crippen LogP contribution in [-0.2, 0) is 0 Å². The molecule has 1 aromatic carbocycles. The van der Waals surface area contributed by atoms with Gasteiger partial charge >= 0.3 is 0 Å². The Morgan fingerprint density at radius 3 is 2.41 bits per heavy atom. The van der Waals surface area contributed by atoms with Crippen molar-refractivity contribution in [3.05, 3.63) is 28.2 Å². The quantitative estimate of drug-likeness (QED) is 0.884. The van der Waals surface area contributed by atoms with Crippen LogP contribution in [0.15, 0.2) is 22.7 Å². The Labute approximate surface area is 113 Å². The van der Waals surface area contributed by atoms with Crippen LogP contribution in [0.2, 0.25) is 0 Å². The van der Waals surface area contributed by atoms with Crippen LogP contribution < -0.4 is 4.90 Å². The van der Waals surface area contributed by atoms with Gasteiger partial charge < -0.3 is 10.0 Å². The van der Waals surface area contributed by atoms with Crippen molar-refractivity contribution in [3.63, 3.8) is 0 Å². The van der Waals surface area contributed by atoms with Crippen molar-refractivity contribution < 1.29 is 5.11 Å². The van der Waals surface area contributed by atoms with E-state index in [1.807, 2.05) is 19.1 Å². The van der Waals surface area contributed by atoms with Gasteiger partial charge in [-0.25, -0.2) is 0 Å². The first kappa shape index (κ1) is 14.5. The number of nitrogens with zero attached hydrogens (tertiary/aromatic N) is 1. The summed E-state index contributed by atoms with van der Waals surface area (Å²) in [6.45, 7) is 9.33. The number of halogens is 1. The van der Waals surface area contributed by atoms with Gasteiger partial charge in [-0.2, -0.15) is 0 Å². The van der Waals surface area contributed by atoms with Gasteiger partial charge in [0, 0.05) is 28.3 Å². The summed E-state index contributed by atoms with van der Waals surface area (Å²) in [5.41, 5.74) is 2.13. The Kier molecular flexibility index (Phi) is 5.47. The van der Waals surface area contributed by atoms with Gasteiger partial charge in [0.25, 0.3) is 0 Å². The van der Waals surface area contributed by atoms with Crippen molar-refractivity contribution in [1.29, 1.82) is 0 Å². The third kappa shape index (κ3) is 3.46. The first-order chi connectivity index (χ1) is 8.01. The lowest BCUT2D eigenvalue weighted by Crippen LogP contribution is -2.33. The van der Waals surface area contributed by atoms with Crippen molar-refractivity contribution in [2.24, 2.45) is 0 Å². The number of anilines is 1. The van der Waals surface area contributed by atoms with Crippen LogP contribution >= 0.6 is 15.9 Å². The Morgan fingerprint density at radius 2 is 1.94 bits per heavy atom. The fraction of sp³-hybridized carbons (Fsp3) is 0.571. The molecule has 2 atom stereocenters. The van der Waals surface area contributed by atoms with Crippen molar-refractivity contribution >= 4 is 21.6 Å². The normalized spacial score (nSPS) is 14.5. The highest BCUT2D eigenvalue weighted by Gasteiger charge is 2.17. The number of aliphatic hydroxyl groups is 1. The molecule has 0 aromatic heterocycles. The van der Waals surface area contributed by atoms with Crippen LogP contribution in [0.3, 0.4) is 0 Å². The summed E-state index contributed by atoms with van der Waals surface area (Å²) < 4.78 is 1.01. The first-order valence-electron chi connectivity index (χ1n) is 6.25. The summed E-state index contributed by atoms with van der Waals surface area (Å²) in [5.74, 6) is 0. The molecule has 3 heteroatoms. The highest BCUT2D eigenvalue weighted by atomic mass is 79.9. The van der Waals surface area contributed by atoms with E-state index in [1.54, 1.807) is 0 Å². The average Bonchev–Trinajstić information content (AvgIpc) is 2.31. The molecular weight excluding hydrogens is 278 g/mol.